The number of hydrogen-bond acceptors (Lipinski definition) is 5. The standard InChI is InChI=1S/C14H15N3O3/c1-8-5-6-15-7-11(8)12-16-13(20-17-12)9-3-2-4-10(9)14(18)19/h5-7,9-10H,2-4H2,1H3,(H,18,19). The smallest absolute Gasteiger partial charge is 0.307 e. The quantitative estimate of drug-likeness (QED) is 0.923. The second-order valence-corrected chi connectivity index (χ2v) is 5.13. The van der Waals surface area contributed by atoms with Gasteiger partial charge in [-0.3, -0.25) is 9.78 Å². The van der Waals surface area contributed by atoms with Crippen LogP contribution in [0, 0.1) is 12.8 Å². The third kappa shape index (κ3) is 2.17. The first kappa shape index (κ1) is 12.8. The van der Waals surface area contributed by atoms with Crippen LogP contribution < -0.4 is 0 Å². The molecule has 0 amide bonds. The first-order chi connectivity index (χ1) is 9.66. The molecule has 2 heterocycles. The SMILES string of the molecule is Cc1ccncc1-c1noc(C2CCCC2C(=O)O)n1. The Hall–Kier alpha value is -2.24. The van der Waals surface area contributed by atoms with Crippen LogP contribution in [0.3, 0.4) is 0 Å². The van der Waals surface area contributed by atoms with Gasteiger partial charge in [-0.2, -0.15) is 4.98 Å². The van der Waals surface area contributed by atoms with Gasteiger partial charge in [-0.1, -0.05) is 11.6 Å². The van der Waals surface area contributed by atoms with Gasteiger partial charge in [0.05, 0.1) is 11.8 Å². The summed E-state index contributed by atoms with van der Waals surface area (Å²) < 4.78 is 5.29. The number of nitrogens with zero attached hydrogens (tertiary/aromatic N) is 3. The minimum absolute atomic E-state index is 0.175. The summed E-state index contributed by atoms with van der Waals surface area (Å²) in [4.78, 5) is 19.6. The number of rotatable bonds is 3. The van der Waals surface area contributed by atoms with Gasteiger partial charge in [0.25, 0.3) is 0 Å². The van der Waals surface area contributed by atoms with Gasteiger partial charge in [-0.25, -0.2) is 0 Å². The maximum atomic E-state index is 11.2. The summed E-state index contributed by atoms with van der Waals surface area (Å²) in [5, 5.41) is 13.2. The van der Waals surface area contributed by atoms with Crippen LogP contribution in [0.15, 0.2) is 23.0 Å². The van der Waals surface area contributed by atoms with E-state index in [1.54, 1.807) is 12.4 Å². The largest absolute Gasteiger partial charge is 0.481 e. The predicted octanol–water partition coefficient (Wildman–Crippen LogP) is 2.41. The van der Waals surface area contributed by atoms with Crippen LogP contribution in [0.1, 0.15) is 36.6 Å². The molecule has 104 valence electrons. The number of aromatic nitrogens is 3. The van der Waals surface area contributed by atoms with Crippen LogP contribution in [0.4, 0.5) is 0 Å². The molecule has 0 bridgehead atoms. The number of carbonyl (C=O) groups is 1. The van der Waals surface area contributed by atoms with E-state index in [0.717, 1.165) is 24.0 Å². The molecule has 2 unspecified atom stereocenters. The van der Waals surface area contributed by atoms with E-state index in [1.165, 1.54) is 0 Å². The normalized spacial score (nSPS) is 22.1. The molecule has 1 saturated carbocycles. The Morgan fingerprint density at radius 1 is 1.45 bits per heavy atom. The second-order valence-electron chi connectivity index (χ2n) is 5.13. The van der Waals surface area contributed by atoms with Crippen LogP contribution in [-0.4, -0.2) is 26.2 Å². The van der Waals surface area contributed by atoms with Gasteiger partial charge in [0.1, 0.15) is 0 Å². The Labute approximate surface area is 115 Å². The van der Waals surface area contributed by atoms with Gasteiger partial charge in [0.15, 0.2) is 0 Å². The zero-order chi connectivity index (χ0) is 14.1. The zero-order valence-electron chi connectivity index (χ0n) is 11.1. The lowest BCUT2D eigenvalue weighted by atomic mass is 9.96. The van der Waals surface area contributed by atoms with E-state index in [2.05, 4.69) is 15.1 Å². The highest BCUT2D eigenvalue weighted by atomic mass is 16.5. The fraction of sp³-hybridized carbons (Fsp3) is 0.429. The van der Waals surface area contributed by atoms with Crippen LogP contribution >= 0.6 is 0 Å². The van der Waals surface area contributed by atoms with Crippen molar-refractivity contribution in [1.29, 1.82) is 0 Å². The first-order valence-electron chi connectivity index (χ1n) is 6.64. The molecule has 2 aromatic rings. The number of pyridine rings is 1. The number of carboxylic acids is 1. The Kier molecular flexibility index (Phi) is 3.22. The van der Waals surface area contributed by atoms with E-state index in [0.29, 0.717) is 18.1 Å². The molecule has 0 saturated heterocycles. The third-order valence-corrected chi connectivity index (χ3v) is 3.87. The van der Waals surface area contributed by atoms with Gasteiger partial charge < -0.3 is 9.63 Å². The Morgan fingerprint density at radius 3 is 3.05 bits per heavy atom. The van der Waals surface area contributed by atoms with Crippen molar-refractivity contribution in [3.63, 3.8) is 0 Å². The minimum Gasteiger partial charge on any atom is -0.481 e. The van der Waals surface area contributed by atoms with Crippen LogP contribution in [0.25, 0.3) is 11.4 Å². The summed E-state index contributed by atoms with van der Waals surface area (Å²) in [6.45, 7) is 1.95. The zero-order valence-corrected chi connectivity index (χ0v) is 11.1. The van der Waals surface area contributed by atoms with Gasteiger partial charge in [0, 0.05) is 18.0 Å². The highest BCUT2D eigenvalue weighted by Crippen LogP contribution is 2.39. The lowest BCUT2D eigenvalue weighted by Gasteiger charge is -2.10. The third-order valence-electron chi connectivity index (χ3n) is 3.87. The minimum atomic E-state index is -0.787. The van der Waals surface area contributed by atoms with E-state index < -0.39 is 11.9 Å². The van der Waals surface area contributed by atoms with Crippen molar-refractivity contribution in [2.45, 2.75) is 32.1 Å². The summed E-state index contributed by atoms with van der Waals surface area (Å²) in [6, 6.07) is 1.88. The molecule has 0 aliphatic heterocycles. The molecular formula is C14H15N3O3. The number of aliphatic carboxylic acids is 1. The molecule has 2 atom stereocenters. The van der Waals surface area contributed by atoms with E-state index in [9.17, 15) is 9.90 Å². The average Bonchev–Trinajstić information content (AvgIpc) is 3.07. The van der Waals surface area contributed by atoms with E-state index in [1.807, 2.05) is 13.0 Å². The van der Waals surface area contributed by atoms with E-state index >= 15 is 0 Å². The molecule has 3 rings (SSSR count). The maximum Gasteiger partial charge on any atom is 0.307 e. The average molecular weight is 273 g/mol. The monoisotopic (exact) mass is 273 g/mol. The van der Waals surface area contributed by atoms with Crippen molar-refractivity contribution < 1.29 is 14.4 Å². The molecule has 1 aliphatic rings. The molecule has 2 aromatic heterocycles. The molecule has 6 nitrogen and oxygen atoms in total. The first-order valence-corrected chi connectivity index (χ1v) is 6.64. The van der Waals surface area contributed by atoms with Crippen molar-refractivity contribution in [3.8, 4) is 11.4 Å². The Bertz CT molecular complexity index is 638. The van der Waals surface area contributed by atoms with Crippen molar-refractivity contribution in [2.75, 3.05) is 0 Å². The summed E-state index contributed by atoms with van der Waals surface area (Å²) in [6.07, 6.45) is 5.73. The van der Waals surface area contributed by atoms with E-state index in [4.69, 9.17) is 4.52 Å². The van der Waals surface area contributed by atoms with Gasteiger partial charge in [-0.05, 0) is 31.4 Å². The van der Waals surface area contributed by atoms with Crippen LogP contribution in [0.2, 0.25) is 0 Å². The topological polar surface area (TPSA) is 89.1 Å². The highest BCUT2D eigenvalue weighted by Gasteiger charge is 2.37. The summed E-state index contributed by atoms with van der Waals surface area (Å²) in [7, 11) is 0. The summed E-state index contributed by atoms with van der Waals surface area (Å²) >= 11 is 0. The molecule has 6 heteroatoms. The van der Waals surface area contributed by atoms with Gasteiger partial charge >= 0.3 is 5.97 Å². The van der Waals surface area contributed by atoms with Crippen LogP contribution in [0.5, 0.6) is 0 Å². The number of carboxylic acid groups (broad SMARTS) is 1. The van der Waals surface area contributed by atoms with Crippen molar-refractivity contribution >= 4 is 5.97 Å². The summed E-state index contributed by atoms with van der Waals surface area (Å²) in [5.74, 6) is -0.483. The summed E-state index contributed by atoms with van der Waals surface area (Å²) in [5.41, 5.74) is 1.82. The van der Waals surface area contributed by atoms with Gasteiger partial charge in [-0.15, -0.1) is 0 Å². The molecule has 20 heavy (non-hydrogen) atoms. The highest BCUT2D eigenvalue weighted by molar-refractivity contribution is 5.71. The van der Waals surface area contributed by atoms with Crippen molar-refractivity contribution in [1.82, 2.24) is 15.1 Å². The second kappa shape index (κ2) is 5.03. The molecule has 1 fully saturated rings. The Morgan fingerprint density at radius 2 is 2.30 bits per heavy atom. The molecule has 1 N–H and O–H groups in total. The lowest BCUT2D eigenvalue weighted by molar-refractivity contribution is -0.142. The molecule has 0 aromatic carbocycles. The Balaban J connectivity index is 1.91. The number of hydrogen-bond donors (Lipinski definition) is 1. The van der Waals surface area contributed by atoms with Gasteiger partial charge in [0.2, 0.25) is 11.7 Å². The molecule has 0 radical (unpaired) electrons. The molecule has 0 spiro atoms. The maximum absolute atomic E-state index is 11.2. The van der Waals surface area contributed by atoms with Crippen LogP contribution in [-0.2, 0) is 4.79 Å². The molecular weight excluding hydrogens is 258 g/mol. The predicted molar refractivity (Wildman–Crippen MR) is 70.0 cm³/mol. The van der Waals surface area contributed by atoms with Crippen molar-refractivity contribution in [3.05, 3.63) is 29.9 Å². The number of aryl methyl sites for hydroxylation is 1. The molecule has 1 aliphatic carbocycles. The lowest BCUT2D eigenvalue weighted by Crippen LogP contribution is -2.17. The van der Waals surface area contributed by atoms with Crippen molar-refractivity contribution in [2.24, 2.45) is 5.92 Å². The van der Waals surface area contributed by atoms with E-state index in [-0.39, 0.29) is 5.92 Å². The fourth-order valence-corrected chi connectivity index (χ4v) is 2.74. The fourth-order valence-electron chi connectivity index (χ4n) is 2.74.